The number of carbonyl (C=O) groups is 1. The van der Waals surface area contributed by atoms with Crippen molar-refractivity contribution in [2.45, 2.75) is 13.1 Å². The van der Waals surface area contributed by atoms with Gasteiger partial charge in [-0.25, -0.2) is 14.5 Å². The lowest BCUT2D eigenvalue weighted by Crippen LogP contribution is -2.07. The molecule has 0 unspecified atom stereocenters. The zero-order valence-corrected chi connectivity index (χ0v) is 13.0. The van der Waals surface area contributed by atoms with Crippen LogP contribution in [0.25, 0.3) is 16.4 Å². The zero-order valence-electron chi connectivity index (χ0n) is 12.2. The fourth-order valence-electron chi connectivity index (χ4n) is 2.06. The molecular weight excluding hydrogens is 343 g/mol. The van der Waals surface area contributed by atoms with Crippen LogP contribution >= 0.6 is 11.3 Å². The summed E-state index contributed by atoms with van der Waals surface area (Å²) >= 11 is 0.908. The second-order valence-corrected chi connectivity index (χ2v) is 5.85. The summed E-state index contributed by atoms with van der Waals surface area (Å²) in [7, 11) is 0. The smallest absolute Gasteiger partial charge is 0.435 e. The Morgan fingerprint density at radius 3 is 2.46 bits per heavy atom. The van der Waals surface area contributed by atoms with Gasteiger partial charge in [0.05, 0.1) is 5.69 Å². The number of carboxylic acids is 1. The maximum absolute atomic E-state index is 13.0. The van der Waals surface area contributed by atoms with Gasteiger partial charge in [-0.3, -0.25) is 0 Å². The number of benzene rings is 1. The molecule has 2 heterocycles. The van der Waals surface area contributed by atoms with Crippen LogP contribution in [0.4, 0.5) is 13.2 Å². The summed E-state index contributed by atoms with van der Waals surface area (Å²) in [5, 5.41) is 13.8. The Kier molecular flexibility index (Phi) is 3.88. The molecule has 0 aliphatic heterocycles. The SMILES string of the molecule is Cc1ccc(-c2cc(C(F)(F)F)nn2-c2nc(C(=O)O)cs2)cc1. The van der Waals surface area contributed by atoms with E-state index in [9.17, 15) is 18.0 Å². The number of thiazole rings is 1. The van der Waals surface area contributed by atoms with Crippen molar-refractivity contribution in [3.63, 3.8) is 0 Å². The minimum absolute atomic E-state index is 0.0541. The van der Waals surface area contributed by atoms with E-state index in [1.807, 2.05) is 6.92 Å². The Balaban J connectivity index is 2.17. The highest BCUT2D eigenvalue weighted by molar-refractivity contribution is 7.12. The van der Waals surface area contributed by atoms with Crippen molar-refractivity contribution < 1.29 is 23.1 Å². The summed E-state index contributed by atoms with van der Waals surface area (Å²) in [6.45, 7) is 1.86. The Hall–Kier alpha value is -2.68. The summed E-state index contributed by atoms with van der Waals surface area (Å²) in [5.41, 5.74) is 0.367. The van der Waals surface area contributed by atoms with Gasteiger partial charge in [0, 0.05) is 10.9 Å². The van der Waals surface area contributed by atoms with Gasteiger partial charge in [-0.15, -0.1) is 11.3 Å². The Morgan fingerprint density at radius 2 is 1.92 bits per heavy atom. The van der Waals surface area contributed by atoms with Gasteiger partial charge in [-0.1, -0.05) is 29.8 Å². The molecule has 3 aromatic rings. The van der Waals surface area contributed by atoms with Crippen molar-refractivity contribution in [1.29, 1.82) is 0 Å². The van der Waals surface area contributed by atoms with Crippen molar-refractivity contribution in [1.82, 2.24) is 14.8 Å². The molecule has 24 heavy (non-hydrogen) atoms. The number of nitrogens with zero attached hydrogens (tertiary/aromatic N) is 3. The fourth-order valence-corrected chi connectivity index (χ4v) is 2.82. The van der Waals surface area contributed by atoms with E-state index in [1.54, 1.807) is 24.3 Å². The Morgan fingerprint density at radius 1 is 1.25 bits per heavy atom. The van der Waals surface area contributed by atoms with Gasteiger partial charge >= 0.3 is 12.1 Å². The van der Waals surface area contributed by atoms with Crippen LogP contribution in [0.1, 0.15) is 21.7 Å². The first-order chi connectivity index (χ1) is 11.3. The van der Waals surface area contributed by atoms with Crippen molar-refractivity contribution in [3.8, 4) is 16.4 Å². The van der Waals surface area contributed by atoms with E-state index in [0.717, 1.165) is 27.6 Å². The molecule has 0 radical (unpaired) electrons. The Bertz CT molecular complexity index is 898. The molecule has 5 nitrogen and oxygen atoms in total. The van der Waals surface area contributed by atoms with Crippen molar-refractivity contribution in [2.24, 2.45) is 0 Å². The van der Waals surface area contributed by atoms with E-state index < -0.39 is 17.8 Å². The highest BCUT2D eigenvalue weighted by atomic mass is 32.1. The average molecular weight is 353 g/mol. The van der Waals surface area contributed by atoms with Crippen molar-refractivity contribution in [3.05, 3.63) is 52.7 Å². The molecule has 0 aliphatic rings. The monoisotopic (exact) mass is 353 g/mol. The van der Waals surface area contributed by atoms with Crippen molar-refractivity contribution in [2.75, 3.05) is 0 Å². The molecule has 9 heteroatoms. The van der Waals surface area contributed by atoms with Gasteiger partial charge in [0.15, 0.2) is 11.4 Å². The fraction of sp³-hybridized carbons (Fsp3) is 0.133. The van der Waals surface area contributed by atoms with Crippen LogP contribution in [0, 0.1) is 6.92 Å². The summed E-state index contributed by atoms with van der Waals surface area (Å²) in [5.74, 6) is -1.25. The molecule has 0 saturated heterocycles. The van der Waals surface area contributed by atoms with Gasteiger partial charge < -0.3 is 5.11 Å². The number of alkyl halides is 3. The molecule has 1 aromatic carbocycles. The minimum atomic E-state index is -4.61. The number of aryl methyl sites for hydroxylation is 1. The van der Waals surface area contributed by atoms with Gasteiger partial charge in [-0.2, -0.15) is 18.3 Å². The van der Waals surface area contributed by atoms with Crippen LogP contribution in [-0.4, -0.2) is 25.8 Å². The van der Waals surface area contributed by atoms with Crippen LogP contribution < -0.4 is 0 Å². The molecular formula is C15H10F3N3O2S. The predicted molar refractivity (Wildman–Crippen MR) is 81.4 cm³/mol. The number of carboxylic acid groups (broad SMARTS) is 1. The molecule has 124 valence electrons. The molecule has 0 fully saturated rings. The highest BCUT2D eigenvalue weighted by Gasteiger charge is 2.35. The number of aromatic carboxylic acids is 1. The highest BCUT2D eigenvalue weighted by Crippen LogP contribution is 2.33. The quantitative estimate of drug-likeness (QED) is 0.772. The number of halogens is 3. The van der Waals surface area contributed by atoms with E-state index in [-0.39, 0.29) is 16.5 Å². The van der Waals surface area contributed by atoms with Crippen LogP contribution in [0.15, 0.2) is 35.7 Å². The number of aromatic nitrogens is 3. The molecule has 0 amide bonds. The lowest BCUT2D eigenvalue weighted by Gasteiger charge is -2.04. The summed E-state index contributed by atoms with van der Waals surface area (Å²) in [4.78, 5) is 14.8. The van der Waals surface area contributed by atoms with E-state index in [4.69, 9.17) is 5.11 Å². The third-order valence-corrected chi connectivity index (χ3v) is 4.06. The molecule has 1 N–H and O–H groups in total. The maximum Gasteiger partial charge on any atom is 0.435 e. The third-order valence-electron chi connectivity index (χ3n) is 3.24. The second kappa shape index (κ2) is 5.75. The molecule has 0 bridgehead atoms. The van der Waals surface area contributed by atoms with Crippen molar-refractivity contribution >= 4 is 17.3 Å². The standard InChI is InChI=1S/C15H10F3N3O2S/c1-8-2-4-9(5-3-8)11-6-12(15(16,17)18)20-21(11)14-19-10(7-24-14)13(22)23/h2-7H,1H3,(H,22,23). The van der Waals surface area contributed by atoms with Gasteiger partial charge in [0.2, 0.25) is 5.13 Å². The van der Waals surface area contributed by atoms with Crippen LogP contribution in [0.3, 0.4) is 0 Å². The van der Waals surface area contributed by atoms with E-state index in [0.29, 0.717) is 5.56 Å². The van der Waals surface area contributed by atoms with Crippen LogP contribution in [0.5, 0.6) is 0 Å². The molecule has 0 saturated carbocycles. The minimum Gasteiger partial charge on any atom is -0.476 e. The van der Waals surface area contributed by atoms with E-state index in [1.165, 1.54) is 5.38 Å². The lowest BCUT2D eigenvalue weighted by atomic mass is 10.1. The molecule has 3 rings (SSSR count). The maximum atomic E-state index is 13.0. The number of rotatable bonds is 3. The van der Waals surface area contributed by atoms with Gasteiger partial charge in [0.25, 0.3) is 0 Å². The average Bonchev–Trinajstić information content (AvgIpc) is 3.14. The number of hydrogen-bond acceptors (Lipinski definition) is 4. The van der Waals surface area contributed by atoms with Gasteiger partial charge in [-0.05, 0) is 13.0 Å². The summed E-state index contributed by atoms with van der Waals surface area (Å²) in [6, 6.07) is 7.81. The normalized spacial score (nSPS) is 11.7. The largest absolute Gasteiger partial charge is 0.476 e. The summed E-state index contributed by atoms with van der Waals surface area (Å²) in [6.07, 6.45) is -4.61. The molecule has 0 atom stereocenters. The first-order valence-corrected chi connectivity index (χ1v) is 7.57. The van der Waals surface area contributed by atoms with Crippen LogP contribution in [0.2, 0.25) is 0 Å². The molecule has 2 aromatic heterocycles. The zero-order chi connectivity index (χ0) is 17.5. The van der Waals surface area contributed by atoms with Gasteiger partial charge in [0.1, 0.15) is 0 Å². The molecule has 0 spiro atoms. The van der Waals surface area contributed by atoms with E-state index >= 15 is 0 Å². The van der Waals surface area contributed by atoms with Crippen LogP contribution in [-0.2, 0) is 6.18 Å². The second-order valence-electron chi connectivity index (χ2n) is 5.01. The lowest BCUT2D eigenvalue weighted by molar-refractivity contribution is -0.141. The summed E-state index contributed by atoms with van der Waals surface area (Å²) < 4.78 is 40.1. The molecule has 0 aliphatic carbocycles. The first kappa shape index (κ1) is 16.2. The van der Waals surface area contributed by atoms with E-state index in [2.05, 4.69) is 10.1 Å². The first-order valence-electron chi connectivity index (χ1n) is 6.69. The third kappa shape index (κ3) is 3.02. The Labute approximate surface area is 138 Å². The number of hydrogen-bond donors (Lipinski definition) is 1. The topological polar surface area (TPSA) is 68.0 Å². The predicted octanol–water partition coefficient (Wildman–Crippen LogP) is 4.02.